The van der Waals surface area contributed by atoms with Gasteiger partial charge in [0, 0.05) is 0 Å². The Labute approximate surface area is 79.7 Å². The summed E-state index contributed by atoms with van der Waals surface area (Å²) in [5.41, 5.74) is 4.46. The minimum atomic E-state index is -1.05. The molecule has 0 saturated carbocycles. The van der Waals surface area contributed by atoms with Crippen LogP contribution >= 0.6 is 12.4 Å². The summed E-state index contributed by atoms with van der Waals surface area (Å²) in [7, 11) is 0. The van der Waals surface area contributed by atoms with Crippen molar-refractivity contribution in [3.05, 3.63) is 0 Å². The highest BCUT2D eigenvalue weighted by atomic mass is 35.5. The van der Waals surface area contributed by atoms with Crippen molar-refractivity contribution in [1.29, 1.82) is 0 Å². The zero-order valence-corrected chi connectivity index (χ0v) is 8.65. The van der Waals surface area contributed by atoms with Crippen LogP contribution in [0.15, 0.2) is 0 Å². The molecule has 0 rings (SSSR count). The minimum absolute atomic E-state index is 0. The van der Waals surface area contributed by atoms with E-state index in [9.17, 15) is 4.79 Å². The predicted molar refractivity (Wildman–Crippen MR) is 51.5 cm³/mol. The van der Waals surface area contributed by atoms with Crippen molar-refractivity contribution in [2.75, 3.05) is 0 Å². The molecule has 0 aromatic carbocycles. The molecule has 74 valence electrons. The standard InChI is InChI=1S/C8H17NO2.ClH/c1-6(2)4-5-8(3,9)7(10)11;/h6H,4-5,9H2,1-3H3,(H,10,11);1H. The molecule has 3 N–H and O–H groups in total. The van der Waals surface area contributed by atoms with Gasteiger partial charge in [-0.25, -0.2) is 0 Å². The quantitative estimate of drug-likeness (QED) is 0.717. The fourth-order valence-electron chi connectivity index (χ4n) is 0.695. The second-order valence-corrected chi connectivity index (χ2v) is 3.66. The summed E-state index contributed by atoms with van der Waals surface area (Å²) in [5.74, 6) is -0.407. The number of rotatable bonds is 4. The number of hydrogen-bond donors (Lipinski definition) is 2. The largest absolute Gasteiger partial charge is 0.480 e. The van der Waals surface area contributed by atoms with E-state index < -0.39 is 11.5 Å². The summed E-state index contributed by atoms with van der Waals surface area (Å²) < 4.78 is 0. The highest BCUT2D eigenvalue weighted by Crippen LogP contribution is 2.13. The van der Waals surface area contributed by atoms with E-state index in [4.69, 9.17) is 10.8 Å². The van der Waals surface area contributed by atoms with E-state index >= 15 is 0 Å². The maximum Gasteiger partial charge on any atom is 0.323 e. The number of carbonyl (C=O) groups is 1. The van der Waals surface area contributed by atoms with Crippen LogP contribution in [0.3, 0.4) is 0 Å². The van der Waals surface area contributed by atoms with Crippen LogP contribution in [0.4, 0.5) is 0 Å². The molecule has 0 aliphatic carbocycles. The van der Waals surface area contributed by atoms with Gasteiger partial charge >= 0.3 is 5.97 Å². The Balaban J connectivity index is 0. The molecule has 12 heavy (non-hydrogen) atoms. The van der Waals surface area contributed by atoms with E-state index in [2.05, 4.69) is 13.8 Å². The second kappa shape index (κ2) is 5.38. The third kappa shape index (κ3) is 5.38. The lowest BCUT2D eigenvalue weighted by Gasteiger charge is -2.19. The van der Waals surface area contributed by atoms with Gasteiger partial charge in [0.05, 0.1) is 0 Å². The summed E-state index contributed by atoms with van der Waals surface area (Å²) in [6.07, 6.45) is 1.40. The van der Waals surface area contributed by atoms with Gasteiger partial charge in [-0.3, -0.25) is 4.79 Å². The van der Waals surface area contributed by atoms with Crippen molar-refractivity contribution >= 4 is 18.4 Å². The van der Waals surface area contributed by atoms with Crippen molar-refractivity contribution in [2.24, 2.45) is 11.7 Å². The lowest BCUT2D eigenvalue weighted by atomic mass is 9.93. The molecular weight excluding hydrogens is 178 g/mol. The molecule has 0 aromatic heterocycles. The zero-order chi connectivity index (χ0) is 9.07. The number of hydrogen-bond acceptors (Lipinski definition) is 2. The fourth-order valence-corrected chi connectivity index (χ4v) is 0.695. The Morgan fingerprint density at radius 3 is 2.25 bits per heavy atom. The third-order valence-corrected chi connectivity index (χ3v) is 1.73. The van der Waals surface area contributed by atoms with Crippen LogP contribution in [-0.2, 0) is 4.79 Å². The Bertz CT molecular complexity index is 146. The Kier molecular flexibility index (Phi) is 6.39. The summed E-state index contributed by atoms with van der Waals surface area (Å²) >= 11 is 0. The topological polar surface area (TPSA) is 63.3 Å². The first-order chi connectivity index (χ1) is 4.86. The van der Waals surface area contributed by atoms with Crippen molar-refractivity contribution in [2.45, 2.75) is 39.2 Å². The van der Waals surface area contributed by atoms with Gasteiger partial charge in [-0.15, -0.1) is 12.4 Å². The van der Waals surface area contributed by atoms with E-state index in [1.807, 2.05) is 0 Å². The molecule has 0 aliphatic heterocycles. The van der Waals surface area contributed by atoms with Crippen LogP contribution in [0.2, 0.25) is 0 Å². The Morgan fingerprint density at radius 2 is 2.00 bits per heavy atom. The molecule has 4 heteroatoms. The average molecular weight is 196 g/mol. The summed E-state index contributed by atoms with van der Waals surface area (Å²) in [5, 5.41) is 8.63. The van der Waals surface area contributed by atoms with Crippen LogP contribution in [0.1, 0.15) is 33.6 Å². The molecule has 3 nitrogen and oxygen atoms in total. The molecule has 0 saturated heterocycles. The van der Waals surface area contributed by atoms with E-state index in [0.29, 0.717) is 12.3 Å². The van der Waals surface area contributed by atoms with Crippen molar-refractivity contribution < 1.29 is 9.90 Å². The van der Waals surface area contributed by atoms with Gasteiger partial charge in [-0.05, 0) is 25.7 Å². The van der Waals surface area contributed by atoms with Crippen LogP contribution in [0, 0.1) is 5.92 Å². The van der Waals surface area contributed by atoms with Crippen molar-refractivity contribution in [1.82, 2.24) is 0 Å². The maximum absolute atomic E-state index is 10.5. The first-order valence-corrected chi connectivity index (χ1v) is 3.88. The van der Waals surface area contributed by atoms with Gasteiger partial charge in [0.25, 0.3) is 0 Å². The smallest absolute Gasteiger partial charge is 0.323 e. The first kappa shape index (κ1) is 14.3. The summed E-state index contributed by atoms with van der Waals surface area (Å²) in [6.45, 7) is 5.66. The third-order valence-electron chi connectivity index (χ3n) is 1.73. The molecule has 0 fully saturated rings. The highest BCUT2D eigenvalue weighted by molar-refractivity contribution is 5.85. The molecule has 0 radical (unpaired) electrons. The normalized spacial score (nSPS) is 15.1. The molecule has 0 aromatic rings. The van der Waals surface area contributed by atoms with Crippen LogP contribution in [0.25, 0.3) is 0 Å². The number of carboxylic acid groups (broad SMARTS) is 1. The molecule has 0 bridgehead atoms. The molecule has 0 amide bonds. The average Bonchev–Trinajstić information content (AvgIpc) is 1.84. The molecule has 1 atom stereocenters. The zero-order valence-electron chi connectivity index (χ0n) is 7.83. The second-order valence-electron chi connectivity index (χ2n) is 3.66. The Hall–Kier alpha value is -0.280. The van der Waals surface area contributed by atoms with E-state index in [1.54, 1.807) is 6.92 Å². The summed E-state index contributed by atoms with van der Waals surface area (Å²) in [6, 6.07) is 0. The monoisotopic (exact) mass is 195 g/mol. The molecule has 1 unspecified atom stereocenters. The number of carboxylic acids is 1. The number of aliphatic carboxylic acids is 1. The molecule has 0 aliphatic rings. The van der Waals surface area contributed by atoms with Crippen molar-refractivity contribution in [3.8, 4) is 0 Å². The van der Waals surface area contributed by atoms with Crippen LogP contribution in [-0.4, -0.2) is 16.6 Å². The summed E-state index contributed by atoms with van der Waals surface area (Å²) in [4.78, 5) is 10.5. The molecule has 0 spiro atoms. The van der Waals surface area contributed by atoms with Gasteiger partial charge in [0.15, 0.2) is 0 Å². The lowest BCUT2D eigenvalue weighted by Crippen LogP contribution is -2.44. The highest BCUT2D eigenvalue weighted by Gasteiger charge is 2.27. The van der Waals surface area contributed by atoms with Gasteiger partial charge < -0.3 is 10.8 Å². The van der Waals surface area contributed by atoms with Gasteiger partial charge in [0.1, 0.15) is 5.54 Å². The van der Waals surface area contributed by atoms with E-state index in [1.165, 1.54) is 0 Å². The van der Waals surface area contributed by atoms with Crippen molar-refractivity contribution in [3.63, 3.8) is 0 Å². The van der Waals surface area contributed by atoms with Gasteiger partial charge in [-0.1, -0.05) is 13.8 Å². The van der Waals surface area contributed by atoms with Crippen LogP contribution in [0.5, 0.6) is 0 Å². The predicted octanol–water partition coefficient (Wildman–Crippen LogP) is 1.65. The van der Waals surface area contributed by atoms with E-state index in [0.717, 1.165) is 6.42 Å². The number of halogens is 1. The molecular formula is C8H18ClNO2. The fraction of sp³-hybridized carbons (Fsp3) is 0.875. The minimum Gasteiger partial charge on any atom is -0.480 e. The SMILES string of the molecule is CC(C)CCC(C)(N)C(=O)O.Cl. The first-order valence-electron chi connectivity index (χ1n) is 3.88. The number of nitrogens with two attached hydrogens (primary N) is 1. The maximum atomic E-state index is 10.5. The van der Waals surface area contributed by atoms with Gasteiger partial charge in [-0.2, -0.15) is 0 Å². The van der Waals surface area contributed by atoms with Gasteiger partial charge in [0.2, 0.25) is 0 Å². The lowest BCUT2D eigenvalue weighted by molar-refractivity contribution is -0.143. The Morgan fingerprint density at radius 1 is 1.58 bits per heavy atom. The van der Waals surface area contributed by atoms with Crippen LogP contribution < -0.4 is 5.73 Å². The van der Waals surface area contributed by atoms with E-state index in [-0.39, 0.29) is 12.4 Å². The molecule has 0 heterocycles.